The number of hydrogen-bond donors (Lipinski definition) is 3. The number of anilines is 1. The maximum atomic E-state index is 9.26. The van der Waals surface area contributed by atoms with Crippen molar-refractivity contribution in [2.24, 2.45) is 0 Å². The van der Waals surface area contributed by atoms with E-state index in [9.17, 15) is 10.0 Å². The van der Waals surface area contributed by atoms with Crippen LogP contribution in [0.5, 0.6) is 0 Å². The smallest absolute Gasteiger partial charge is 0.423 e. The second kappa shape index (κ2) is 9.83. The van der Waals surface area contributed by atoms with E-state index in [1.54, 1.807) is 23.9 Å². The third-order valence-electron chi connectivity index (χ3n) is 5.00. The fourth-order valence-corrected chi connectivity index (χ4v) is 4.18. The van der Waals surface area contributed by atoms with Gasteiger partial charge in [0.15, 0.2) is 11.0 Å². The van der Waals surface area contributed by atoms with Crippen molar-refractivity contribution >= 4 is 30.0 Å². The van der Waals surface area contributed by atoms with Gasteiger partial charge in [0, 0.05) is 23.5 Å². The second-order valence-electron chi connectivity index (χ2n) is 7.22. The maximum Gasteiger partial charge on any atom is 0.488 e. The van der Waals surface area contributed by atoms with Gasteiger partial charge in [-0.25, -0.2) is 0 Å². The molecule has 1 aromatic heterocycles. The first-order valence-electron chi connectivity index (χ1n) is 10.0. The molecule has 0 saturated heterocycles. The highest BCUT2D eigenvalue weighted by Crippen LogP contribution is 2.27. The molecule has 3 aromatic carbocycles. The topological polar surface area (TPSA) is 97.2 Å². The highest BCUT2D eigenvalue weighted by molar-refractivity contribution is 7.98. The van der Waals surface area contributed by atoms with Gasteiger partial charge in [-0.15, -0.1) is 10.2 Å². The first-order valence-corrected chi connectivity index (χ1v) is 11.0. The van der Waals surface area contributed by atoms with Gasteiger partial charge in [-0.3, -0.25) is 0 Å². The summed E-state index contributed by atoms with van der Waals surface area (Å²) in [6, 6.07) is 25.3. The number of aryl methyl sites for hydroxylation is 1. The van der Waals surface area contributed by atoms with Crippen molar-refractivity contribution in [1.82, 2.24) is 14.8 Å². The van der Waals surface area contributed by atoms with Gasteiger partial charge < -0.3 is 20.3 Å². The Kier molecular flexibility index (Phi) is 6.71. The van der Waals surface area contributed by atoms with Gasteiger partial charge in [-0.05, 0) is 47.3 Å². The highest BCUT2D eigenvalue weighted by Gasteiger charge is 2.15. The summed E-state index contributed by atoms with van der Waals surface area (Å²) >= 11 is 1.61. The largest absolute Gasteiger partial charge is 0.488 e. The number of nitrogen functional groups attached to an aromatic ring is 1. The summed E-state index contributed by atoms with van der Waals surface area (Å²) < 4.78 is 2.15. The number of benzene rings is 3. The lowest BCUT2D eigenvalue weighted by atomic mass is 9.80. The molecule has 1 heterocycles. The third-order valence-corrected chi connectivity index (χ3v) is 6.04. The van der Waals surface area contributed by atoms with E-state index in [4.69, 9.17) is 5.73 Å². The van der Waals surface area contributed by atoms with Gasteiger partial charge in [0.1, 0.15) is 0 Å². The van der Waals surface area contributed by atoms with E-state index in [0.717, 1.165) is 35.1 Å². The molecule has 4 N–H and O–H groups in total. The molecule has 0 radical (unpaired) electrons. The highest BCUT2D eigenvalue weighted by atomic mass is 32.2. The van der Waals surface area contributed by atoms with Crippen LogP contribution in [-0.4, -0.2) is 31.9 Å². The van der Waals surface area contributed by atoms with Crippen molar-refractivity contribution in [3.63, 3.8) is 0 Å². The molecule has 8 heteroatoms. The Hall–Kier alpha value is -3.07. The molecule has 0 bridgehead atoms. The van der Waals surface area contributed by atoms with E-state index in [2.05, 4.69) is 26.9 Å². The normalized spacial score (nSPS) is 10.9. The molecule has 0 aliphatic carbocycles. The molecule has 0 atom stereocenters. The first kappa shape index (κ1) is 21.2. The molecular weight excluding hydrogens is 407 g/mol. The number of rotatable bonds is 8. The summed E-state index contributed by atoms with van der Waals surface area (Å²) in [5, 5.41) is 28.3. The summed E-state index contributed by atoms with van der Waals surface area (Å²) in [6.45, 7) is 0.759. The Morgan fingerprint density at radius 1 is 0.839 bits per heavy atom. The first-order chi connectivity index (χ1) is 15.1. The van der Waals surface area contributed by atoms with Crippen molar-refractivity contribution in [2.75, 3.05) is 5.73 Å². The van der Waals surface area contributed by atoms with Gasteiger partial charge in [0.2, 0.25) is 0 Å². The van der Waals surface area contributed by atoms with Gasteiger partial charge in [-0.2, -0.15) is 0 Å². The summed E-state index contributed by atoms with van der Waals surface area (Å²) in [7, 11) is -1.45. The van der Waals surface area contributed by atoms with Crippen LogP contribution in [0.4, 0.5) is 5.69 Å². The van der Waals surface area contributed by atoms with Crippen LogP contribution in [0.25, 0.3) is 11.4 Å². The molecule has 0 unspecified atom stereocenters. The van der Waals surface area contributed by atoms with Crippen LogP contribution in [0, 0.1) is 0 Å². The van der Waals surface area contributed by atoms with E-state index in [-0.39, 0.29) is 0 Å². The summed E-state index contributed by atoms with van der Waals surface area (Å²) in [4.78, 5) is 0. The van der Waals surface area contributed by atoms with Crippen molar-refractivity contribution in [3.8, 4) is 11.4 Å². The molecule has 6 nitrogen and oxygen atoms in total. The maximum absolute atomic E-state index is 9.26. The van der Waals surface area contributed by atoms with E-state index < -0.39 is 7.12 Å². The van der Waals surface area contributed by atoms with E-state index in [0.29, 0.717) is 16.9 Å². The molecule has 4 rings (SSSR count). The molecule has 0 saturated carbocycles. The second-order valence-corrected chi connectivity index (χ2v) is 8.16. The number of nitrogens with zero attached hydrogens (tertiary/aromatic N) is 3. The van der Waals surface area contributed by atoms with Gasteiger partial charge in [-0.1, -0.05) is 66.4 Å². The average molecular weight is 430 g/mol. The van der Waals surface area contributed by atoms with Crippen molar-refractivity contribution in [2.45, 2.75) is 23.9 Å². The van der Waals surface area contributed by atoms with E-state index >= 15 is 0 Å². The van der Waals surface area contributed by atoms with Crippen LogP contribution in [-0.2, 0) is 18.7 Å². The number of nitrogens with two attached hydrogens (primary N) is 1. The zero-order valence-corrected chi connectivity index (χ0v) is 17.7. The lowest BCUT2D eigenvalue weighted by molar-refractivity contribution is 0.426. The summed E-state index contributed by atoms with van der Waals surface area (Å²) in [5.41, 5.74) is 10.3. The number of thioether (sulfide) groups is 1. The SMILES string of the molecule is Nc1ccc(-c2nnc(SCc3ccc(B(O)O)cc3)n2CCc2ccccc2)cc1. The molecule has 0 amide bonds. The van der Waals surface area contributed by atoms with Gasteiger partial charge in [0.05, 0.1) is 0 Å². The molecule has 0 aliphatic heterocycles. The van der Waals surface area contributed by atoms with Gasteiger partial charge >= 0.3 is 7.12 Å². The minimum atomic E-state index is -1.45. The van der Waals surface area contributed by atoms with E-state index in [1.165, 1.54) is 5.56 Å². The van der Waals surface area contributed by atoms with Crippen molar-refractivity contribution < 1.29 is 10.0 Å². The van der Waals surface area contributed by atoms with Crippen LogP contribution in [0.1, 0.15) is 11.1 Å². The molecular formula is C23H23BN4O2S. The lowest BCUT2D eigenvalue weighted by Crippen LogP contribution is -2.29. The molecule has 0 aliphatic rings. The molecule has 0 spiro atoms. The Balaban J connectivity index is 1.56. The number of hydrogen-bond acceptors (Lipinski definition) is 6. The van der Waals surface area contributed by atoms with Crippen LogP contribution in [0.2, 0.25) is 0 Å². The molecule has 4 aromatic rings. The average Bonchev–Trinajstić information content (AvgIpc) is 3.20. The molecule has 0 fully saturated rings. The van der Waals surface area contributed by atoms with Crippen LogP contribution in [0.15, 0.2) is 84.0 Å². The lowest BCUT2D eigenvalue weighted by Gasteiger charge is -2.11. The minimum absolute atomic E-state index is 0.477. The third kappa shape index (κ3) is 5.35. The predicted molar refractivity (Wildman–Crippen MR) is 126 cm³/mol. The number of aromatic nitrogens is 3. The Labute approximate surface area is 185 Å². The zero-order valence-electron chi connectivity index (χ0n) is 16.9. The summed E-state index contributed by atoms with van der Waals surface area (Å²) in [5.74, 6) is 1.52. The zero-order chi connectivity index (χ0) is 21.6. The fourth-order valence-electron chi connectivity index (χ4n) is 3.26. The van der Waals surface area contributed by atoms with E-state index in [1.807, 2.05) is 54.6 Å². The van der Waals surface area contributed by atoms with Crippen LogP contribution < -0.4 is 11.2 Å². The van der Waals surface area contributed by atoms with Crippen LogP contribution >= 0.6 is 11.8 Å². The van der Waals surface area contributed by atoms with Crippen LogP contribution in [0.3, 0.4) is 0 Å². The quantitative estimate of drug-likeness (QED) is 0.226. The Morgan fingerprint density at radius 2 is 1.55 bits per heavy atom. The minimum Gasteiger partial charge on any atom is -0.423 e. The molecule has 156 valence electrons. The van der Waals surface area contributed by atoms with Crippen molar-refractivity contribution in [1.29, 1.82) is 0 Å². The van der Waals surface area contributed by atoms with Gasteiger partial charge in [0.25, 0.3) is 0 Å². The Bertz CT molecular complexity index is 1120. The molecule has 31 heavy (non-hydrogen) atoms. The standard InChI is InChI=1S/C23H23BN4O2S/c25-21-12-8-19(9-13-21)22-26-27-23(28(22)15-14-17-4-2-1-3-5-17)31-16-18-6-10-20(11-7-18)24(29)30/h1-13,29-30H,14-16,25H2. The predicted octanol–water partition coefficient (Wildman–Crippen LogP) is 2.74. The van der Waals surface area contributed by atoms with Crippen molar-refractivity contribution in [3.05, 3.63) is 90.0 Å². The monoisotopic (exact) mass is 430 g/mol. The summed E-state index contributed by atoms with van der Waals surface area (Å²) in [6.07, 6.45) is 0.873. The fraction of sp³-hybridized carbons (Fsp3) is 0.130. The Morgan fingerprint density at radius 3 is 2.23 bits per heavy atom.